The number of nitro benzene ring substituents is 1. The van der Waals surface area contributed by atoms with Crippen LogP contribution >= 0.6 is 11.6 Å². The van der Waals surface area contributed by atoms with E-state index in [1.807, 2.05) is 6.07 Å². The molecule has 0 aromatic heterocycles. The highest BCUT2D eigenvalue weighted by molar-refractivity contribution is 6.34. The summed E-state index contributed by atoms with van der Waals surface area (Å²) in [6, 6.07) is 11.1. The molecule has 0 bridgehead atoms. The van der Waals surface area contributed by atoms with Gasteiger partial charge in [0, 0.05) is 24.9 Å². The van der Waals surface area contributed by atoms with Gasteiger partial charge >= 0.3 is 5.97 Å². The summed E-state index contributed by atoms with van der Waals surface area (Å²) in [6.45, 7) is 0. The van der Waals surface area contributed by atoms with Gasteiger partial charge in [0.2, 0.25) is 0 Å². The number of nitrogens with zero attached hydrogens (tertiary/aromatic N) is 2. The number of carboxylic acid groups (broad SMARTS) is 1. The molecular weight excluding hydrogens is 296 g/mol. The molecule has 7 heteroatoms. The van der Waals surface area contributed by atoms with E-state index in [4.69, 9.17) is 11.6 Å². The van der Waals surface area contributed by atoms with Crippen LogP contribution in [0.25, 0.3) is 0 Å². The van der Waals surface area contributed by atoms with Crippen LogP contribution in [0.15, 0.2) is 42.5 Å². The lowest BCUT2D eigenvalue weighted by molar-refractivity contribution is -0.384. The zero-order valence-electron chi connectivity index (χ0n) is 11.0. The molecule has 0 atom stereocenters. The number of hydrogen-bond acceptors (Lipinski definition) is 4. The zero-order valence-corrected chi connectivity index (χ0v) is 11.7. The second-order valence-corrected chi connectivity index (χ2v) is 4.69. The van der Waals surface area contributed by atoms with Crippen LogP contribution in [0.2, 0.25) is 5.02 Å². The number of non-ortho nitro benzene ring substituents is 1. The van der Waals surface area contributed by atoms with E-state index < -0.39 is 10.9 Å². The number of aromatic carboxylic acids is 1. The van der Waals surface area contributed by atoms with Gasteiger partial charge in [0.05, 0.1) is 21.2 Å². The third-order valence-corrected chi connectivity index (χ3v) is 3.26. The number of para-hydroxylation sites is 1. The van der Waals surface area contributed by atoms with Crippen LogP contribution in [0, 0.1) is 10.1 Å². The maximum atomic E-state index is 11.4. The molecule has 1 N–H and O–H groups in total. The Kier molecular flexibility index (Phi) is 4.09. The van der Waals surface area contributed by atoms with Crippen molar-refractivity contribution in [3.63, 3.8) is 0 Å². The first-order chi connectivity index (χ1) is 9.91. The second-order valence-electron chi connectivity index (χ2n) is 4.28. The summed E-state index contributed by atoms with van der Waals surface area (Å²) in [6.07, 6.45) is 0. The van der Waals surface area contributed by atoms with E-state index >= 15 is 0 Å². The van der Waals surface area contributed by atoms with Crippen molar-refractivity contribution in [2.75, 3.05) is 11.9 Å². The molecule has 0 spiro atoms. The van der Waals surface area contributed by atoms with E-state index in [1.54, 1.807) is 36.2 Å². The van der Waals surface area contributed by atoms with Crippen LogP contribution in [-0.4, -0.2) is 23.0 Å². The SMILES string of the molecule is CN(c1ccccc1)c1c(Cl)cc([N+](=O)[O-])cc1C(=O)O. The molecule has 0 heterocycles. The topological polar surface area (TPSA) is 83.7 Å². The molecular formula is C14H11ClN2O4. The van der Waals surface area contributed by atoms with Crippen molar-refractivity contribution in [1.29, 1.82) is 0 Å². The molecule has 6 nitrogen and oxygen atoms in total. The van der Waals surface area contributed by atoms with Crippen molar-refractivity contribution in [2.45, 2.75) is 0 Å². The van der Waals surface area contributed by atoms with Crippen molar-refractivity contribution >= 4 is 34.6 Å². The lowest BCUT2D eigenvalue weighted by atomic mass is 10.1. The summed E-state index contributed by atoms with van der Waals surface area (Å²) in [7, 11) is 1.65. The van der Waals surface area contributed by atoms with Crippen molar-refractivity contribution in [1.82, 2.24) is 0 Å². The molecule has 2 aromatic rings. The summed E-state index contributed by atoms with van der Waals surface area (Å²) in [5, 5.41) is 20.1. The largest absolute Gasteiger partial charge is 0.478 e. The van der Waals surface area contributed by atoms with Crippen LogP contribution in [0.5, 0.6) is 0 Å². The predicted octanol–water partition coefficient (Wildman–Crippen LogP) is 3.71. The Morgan fingerprint density at radius 1 is 1.29 bits per heavy atom. The molecule has 0 aliphatic heterocycles. The number of benzene rings is 2. The fourth-order valence-corrected chi connectivity index (χ4v) is 2.32. The Morgan fingerprint density at radius 3 is 2.43 bits per heavy atom. The highest BCUT2D eigenvalue weighted by atomic mass is 35.5. The van der Waals surface area contributed by atoms with Gasteiger partial charge in [-0.05, 0) is 12.1 Å². The van der Waals surface area contributed by atoms with Crippen molar-refractivity contribution in [3.05, 3.63) is 63.2 Å². The van der Waals surface area contributed by atoms with Gasteiger partial charge in [-0.15, -0.1) is 0 Å². The van der Waals surface area contributed by atoms with Gasteiger partial charge < -0.3 is 10.0 Å². The lowest BCUT2D eigenvalue weighted by Gasteiger charge is -2.22. The molecule has 2 rings (SSSR count). The smallest absolute Gasteiger partial charge is 0.338 e. The van der Waals surface area contributed by atoms with Gasteiger partial charge in [0.15, 0.2) is 0 Å². The van der Waals surface area contributed by atoms with Gasteiger partial charge in [-0.2, -0.15) is 0 Å². The van der Waals surface area contributed by atoms with E-state index in [9.17, 15) is 20.0 Å². The number of rotatable bonds is 4. The molecule has 0 aliphatic carbocycles. The summed E-state index contributed by atoms with van der Waals surface area (Å²) >= 11 is 6.06. The van der Waals surface area contributed by atoms with E-state index in [0.717, 1.165) is 17.8 Å². The first kappa shape index (κ1) is 14.8. The van der Waals surface area contributed by atoms with Crippen LogP contribution in [0.3, 0.4) is 0 Å². The summed E-state index contributed by atoms with van der Waals surface area (Å²) < 4.78 is 0. The first-order valence-electron chi connectivity index (χ1n) is 5.92. The van der Waals surface area contributed by atoms with Gasteiger partial charge in [0.25, 0.3) is 5.69 Å². The van der Waals surface area contributed by atoms with E-state index in [2.05, 4.69) is 0 Å². The highest BCUT2D eigenvalue weighted by Crippen LogP contribution is 2.37. The predicted molar refractivity (Wildman–Crippen MR) is 79.6 cm³/mol. The van der Waals surface area contributed by atoms with E-state index in [-0.39, 0.29) is 22.0 Å². The van der Waals surface area contributed by atoms with Gasteiger partial charge in [-0.3, -0.25) is 10.1 Å². The average molecular weight is 307 g/mol. The standard InChI is InChI=1S/C14H11ClN2O4/c1-16(9-5-3-2-4-6-9)13-11(14(18)19)7-10(17(20)21)8-12(13)15/h2-8H,1H3,(H,18,19). The van der Waals surface area contributed by atoms with Gasteiger partial charge in [-0.25, -0.2) is 4.79 Å². The average Bonchev–Trinajstić information content (AvgIpc) is 2.46. The van der Waals surface area contributed by atoms with Crippen LogP contribution in [0.1, 0.15) is 10.4 Å². The third-order valence-electron chi connectivity index (χ3n) is 2.97. The molecule has 21 heavy (non-hydrogen) atoms. The fourth-order valence-electron chi connectivity index (χ4n) is 1.97. The first-order valence-corrected chi connectivity index (χ1v) is 6.29. The summed E-state index contributed by atoms with van der Waals surface area (Å²) in [5.74, 6) is -1.28. The van der Waals surface area contributed by atoms with Crippen LogP contribution < -0.4 is 4.90 Å². The minimum Gasteiger partial charge on any atom is -0.478 e. The molecule has 0 unspecified atom stereocenters. The van der Waals surface area contributed by atoms with Crippen molar-refractivity contribution in [3.8, 4) is 0 Å². The highest BCUT2D eigenvalue weighted by Gasteiger charge is 2.23. The maximum absolute atomic E-state index is 11.4. The van der Waals surface area contributed by atoms with Crippen molar-refractivity contribution < 1.29 is 14.8 Å². The fraction of sp³-hybridized carbons (Fsp3) is 0.0714. The number of carboxylic acids is 1. The number of anilines is 2. The molecule has 0 radical (unpaired) electrons. The molecule has 108 valence electrons. The number of carbonyl (C=O) groups is 1. The normalized spacial score (nSPS) is 10.2. The molecule has 0 aliphatic rings. The van der Waals surface area contributed by atoms with Crippen LogP contribution in [-0.2, 0) is 0 Å². The Morgan fingerprint density at radius 2 is 1.90 bits per heavy atom. The third kappa shape index (κ3) is 2.95. The van der Waals surface area contributed by atoms with Crippen LogP contribution in [0.4, 0.5) is 17.1 Å². The monoisotopic (exact) mass is 306 g/mol. The van der Waals surface area contributed by atoms with Gasteiger partial charge in [-0.1, -0.05) is 29.8 Å². The molecule has 0 amide bonds. The molecule has 0 saturated carbocycles. The Labute approximate surface area is 125 Å². The van der Waals surface area contributed by atoms with Gasteiger partial charge in [0.1, 0.15) is 0 Å². The number of halogens is 1. The molecule has 0 saturated heterocycles. The van der Waals surface area contributed by atoms with Crippen molar-refractivity contribution in [2.24, 2.45) is 0 Å². The molecule has 0 fully saturated rings. The molecule has 2 aromatic carbocycles. The van der Waals surface area contributed by atoms with E-state index in [0.29, 0.717) is 0 Å². The number of nitro groups is 1. The Hall–Kier alpha value is -2.60. The zero-order chi connectivity index (χ0) is 15.6. The van der Waals surface area contributed by atoms with E-state index in [1.165, 1.54) is 0 Å². The number of hydrogen-bond donors (Lipinski definition) is 1. The lowest BCUT2D eigenvalue weighted by Crippen LogP contribution is -2.15. The Balaban J connectivity index is 2.62. The minimum absolute atomic E-state index is 0.00736. The maximum Gasteiger partial charge on any atom is 0.338 e. The quantitative estimate of drug-likeness (QED) is 0.687. The summed E-state index contributed by atoms with van der Waals surface area (Å²) in [5.41, 5.74) is 0.347. The minimum atomic E-state index is -1.28. The Bertz CT molecular complexity index is 704. The summed E-state index contributed by atoms with van der Waals surface area (Å²) in [4.78, 5) is 23.1. The second kappa shape index (κ2) is 5.80.